The zero-order chi connectivity index (χ0) is 23.0. The van der Waals surface area contributed by atoms with Crippen molar-refractivity contribution in [1.82, 2.24) is 15.2 Å². The number of rotatable bonds is 9. The fourth-order valence-corrected chi connectivity index (χ4v) is 4.96. The summed E-state index contributed by atoms with van der Waals surface area (Å²) in [4.78, 5) is 19.7. The molecule has 2 aromatic carbocycles. The molecule has 0 aliphatic carbocycles. The predicted octanol–water partition coefficient (Wildman–Crippen LogP) is 5.12. The van der Waals surface area contributed by atoms with E-state index in [1.54, 1.807) is 0 Å². The Labute approximate surface area is 200 Å². The van der Waals surface area contributed by atoms with Crippen molar-refractivity contribution in [2.75, 3.05) is 13.1 Å². The van der Waals surface area contributed by atoms with Gasteiger partial charge in [0.15, 0.2) is 0 Å². The number of carbonyl (C=O) groups is 1. The number of aryl methyl sites for hydroxylation is 1. The molecule has 0 bridgehead atoms. The summed E-state index contributed by atoms with van der Waals surface area (Å²) in [7, 11) is 0. The maximum absolute atomic E-state index is 12.6. The highest BCUT2D eigenvalue weighted by atomic mass is 32.1. The summed E-state index contributed by atoms with van der Waals surface area (Å²) in [6, 6.07) is 16.4. The number of nitrogens with one attached hydrogen (secondary N) is 1. The number of likely N-dealkylation sites (tertiary alicyclic amines) is 1. The van der Waals surface area contributed by atoms with Gasteiger partial charge < -0.3 is 10.1 Å². The fourth-order valence-electron chi connectivity index (χ4n) is 4.25. The number of aromatic nitrogens is 1. The number of carbonyl (C=O) groups excluding carboxylic acids is 1. The molecular formula is C27H33N3O2S. The first-order valence-electron chi connectivity index (χ1n) is 11.7. The molecule has 0 radical (unpaired) electrons. The molecule has 4 rings (SSSR count). The second-order valence-electron chi connectivity index (χ2n) is 9.04. The Morgan fingerprint density at radius 3 is 2.76 bits per heavy atom. The quantitative estimate of drug-likeness (QED) is 0.478. The minimum Gasteiger partial charge on any atom is -0.486 e. The number of benzene rings is 2. The third kappa shape index (κ3) is 7.14. The maximum Gasteiger partial charge on any atom is 0.226 e. The molecule has 2 heterocycles. The van der Waals surface area contributed by atoms with Gasteiger partial charge in [0.25, 0.3) is 0 Å². The summed E-state index contributed by atoms with van der Waals surface area (Å²) in [5.74, 6) is 1.58. The Morgan fingerprint density at radius 1 is 1.18 bits per heavy atom. The van der Waals surface area contributed by atoms with Crippen molar-refractivity contribution in [3.8, 4) is 5.75 Å². The van der Waals surface area contributed by atoms with E-state index in [9.17, 15) is 4.79 Å². The third-order valence-electron chi connectivity index (χ3n) is 6.05. The van der Waals surface area contributed by atoms with Crippen LogP contribution in [-0.2, 0) is 30.9 Å². The van der Waals surface area contributed by atoms with Crippen molar-refractivity contribution in [2.24, 2.45) is 5.92 Å². The van der Waals surface area contributed by atoms with E-state index in [4.69, 9.17) is 4.74 Å². The lowest BCUT2D eigenvalue weighted by Gasteiger charge is -2.31. The van der Waals surface area contributed by atoms with E-state index in [0.29, 0.717) is 13.2 Å². The highest BCUT2D eigenvalue weighted by Crippen LogP contribution is 2.20. The zero-order valence-corrected chi connectivity index (χ0v) is 20.4. The van der Waals surface area contributed by atoms with Crippen LogP contribution in [0.1, 0.15) is 47.2 Å². The van der Waals surface area contributed by atoms with E-state index < -0.39 is 0 Å². The van der Waals surface area contributed by atoms with E-state index in [2.05, 4.69) is 47.2 Å². The topological polar surface area (TPSA) is 54.5 Å². The van der Waals surface area contributed by atoms with Gasteiger partial charge in [0, 0.05) is 25.0 Å². The van der Waals surface area contributed by atoms with E-state index in [-0.39, 0.29) is 12.3 Å². The van der Waals surface area contributed by atoms with Crippen molar-refractivity contribution >= 4 is 17.2 Å². The smallest absolute Gasteiger partial charge is 0.226 e. The molecule has 6 heteroatoms. The van der Waals surface area contributed by atoms with Gasteiger partial charge in [0.1, 0.15) is 17.4 Å². The van der Waals surface area contributed by atoms with Crippen LogP contribution in [0.5, 0.6) is 5.75 Å². The maximum atomic E-state index is 12.6. The van der Waals surface area contributed by atoms with Crippen LogP contribution in [0.15, 0.2) is 53.9 Å². The predicted molar refractivity (Wildman–Crippen MR) is 133 cm³/mol. The van der Waals surface area contributed by atoms with Gasteiger partial charge in [-0.2, -0.15) is 0 Å². The number of piperidine rings is 1. The first-order chi connectivity index (χ1) is 16.0. The molecule has 3 aromatic rings. The molecule has 0 spiro atoms. The molecule has 1 aliphatic rings. The summed E-state index contributed by atoms with van der Waals surface area (Å²) in [6.07, 6.45) is 2.88. The summed E-state index contributed by atoms with van der Waals surface area (Å²) < 4.78 is 5.80. The lowest BCUT2D eigenvalue weighted by molar-refractivity contribution is -0.120. The van der Waals surface area contributed by atoms with Gasteiger partial charge in [-0.15, -0.1) is 11.3 Å². The van der Waals surface area contributed by atoms with Crippen LogP contribution in [-0.4, -0.2) is 28.9 Å². The van der Waals surface area contributed by atoms with Gasteiger partial charge in [-0.3, -0.25) is 9.69 Å². The monoisotopic (exact) mass is 463 g/mol. The van der Waals surface area contributed by atoms with Crippen LogP contribution in [0.25, 0.3) is 0 Å². The number of hydrogen-bond acceptors (Lipinski definition) is 5. The summed E-state index contributed by atoms with van der Waals surface area (Å²) in [5, 5.41) is 5.90. The summed E-state index contributed by atoms with van der Waals surface area (Å²) in [5.41, 5.74) is 4.48. The Morgan fingerprint density at radius 2 is 1.97 bits per heavy atom. The Hall–Kier alpha value is -2.70. The minimum absolute atomic E-state index is 0.00676. The first kappa shape index (κ1) is 23.5. The molecule has 174 valence electrons. The lowest BCUT2D eigenvalue weighted by atomic mass is 9.99. The lowest BCUT2D eigenvalue weighted by Crippen LogP contribution is -2.34. The largest absolute Gasteiger partial charge is 0.486 e. The molecule has 1 saturated heterocycles. The average molecular weight is 464 g/mol. The Kier molecular flexibility index (Phi) is 8.13. The molecule has 1 N–H and O–H groups in total. The summed E-state index contributed by atoms with van der Waals surface area (Å²) in [6.45, 7) is 8.61. The van der Waals surface area contributed by atoms with Crippen molar-refractivity contribution in [3.05, 3.63) is 81.3 Å². The number of amides is 1. The van der Waals surface area contributed by atoms with Crippen molar-refractivity contribution in [1.29, 1.82) is 0 Å². The van der Waals surface area contributed by atoms with E-state index in [1.165, 1.54) is 40.9 Å². The van der Waals surface area contributed by atoms with E-state index in [0.717, 1.165) is 42.0 Å². The molecule has 1 fully saturated rings. The van der Waals surface area contributed by atoms with Gasteiger partial charge in [-0.25, -0.2) is 4.98 Å². The molecule has 0 saturated carbocycles. The zero-order valence-electron chi connectivity index (χ0n) is 19.5. The second-order valence-corrected chi connectivity index (χ2v) is 9.98. The highest BCUT2D eigenvalue weighted by molar-refractivity contribution is 7.09. The second kappa shape index (κ2) is 11.4. The van der Waals surface area contributed by atoms with Crippen LogP contribution in [0.3, 0.4) is 0 Å². The van der Waals surface area contributed by atoms with Gasteiger partial charge in [0.2, 0.25) is 5.91 Å². The van der Waals surface area contributed by atoms with Gasteiger partial charge in [-0.05, 0) is 55.5 Å². The molecule has 1 unspecified atom stereocenters. The molecule has 1 aliphatic heterocycles. The molecule has 33 heavy (non-hydrogen) atoms. The molecule has 1 amide bonds. The number of ether oxygens (including phenoxy) is 1. The number of hydrogen-bond donors (Lipinski definition) is 1. The van der Waals surface area contributed by atoms with Gasteiger partial charge in [-0.1, -0.05) is 48.9 Å². The Bertz CT molecular complexity index is 1050. The van der Waals surface area contributed by atoms with Crippen LogP contribution in [0.4, 0.5) is 0 Å². The average Bonchev–Trinajstić information content (AvgIpc) is 3.25. The van der Waals surface area contributed by atoms with Crippen LogP contribution < -0.4 is 10.1 Å². The first-order valence-corrected chi connectivity index (χ1v) is 12.6. The summed E-state index contributed by atoms with van der Waals surface area (Å²) >= 11 is 1.53. The minimum atomic E-state index is -0.00676. The highest BCUT2D eigenvalue weighted by Gasteiger charge is 2.17. The third-order valence-corrected chi connectivity index (χ3v) is 6.92. The molecular weight excluding hydrogens is 430 g/mol. The van der Waals surface area contributed by atoms with Crippen LogP contribution >= 0.6 is 11.3 Å². The number of thiazole rings is 1. The van der Waals surface area contributed by atoms with Crippen LogP contribution in [0, 0.1) is 12.8 Å². The molecule has 5 nitrogen and oxygen atoms in total. The standard InChI is InChI=1S/C27H33N3O2S/c1-20-9-11-25(12-10-20)32-18-27-29-24(19-33-27)14-26(31)28-15-22-7-3-4-8-23(22)17-30-13-5-6-21(2)16-30/h3-4,7-12,19,21H,5-6,13-18H2,1-2H3,(H,28,31). The molecule has 1 aromatic heterocycles. The van der Waals surface area contributed by atoms with Crippen molar-refractivity contribution in [2.45, 2.75) is 52.8 Å². The van der Waals surface area contributed by atoms with E-state index in [1.807, 2.05) is 35.7 Å². The Balaban J connectivity index is 1.25. The van der Waals surface area contributed by atoms with E-state index >= 15 is 0 Å². The van der Waals surface area contributed by atoms with Crippen molar-refractivity contribution in [3.63, 3.8) is 0 Å². The van der Waals surface area contributed by atoms with Gasteiger partial charge >= 0.3 is 0 Å². The normalized spacial score (nSPS) is 16.5. The van der Waals surface area contributed by atoms with Gasteiger partial charge in [0.05, 0.1) is 12.1 Å². The number of nitrogens with zero attached hydrogens (tertiary/aromatic N) is 2. The van der Waals surface area contributed by atoms with Crippen LogP contribution in [0.2, 0.25) is 0 Å². The van der Waals surface area contributed by atoms with Crippen molar-refractivity contribution < 1.29 is 9.53 Å². The molecule has 1 atom stereocenters. The SMILES string of the molecule is Cc1ccc(OCc2nc(CC(=O)NCc3ccccc3CN3CCCC(C)C3)cs2)cc1. The fraction of sp³-hybridized carbons (Fsp3) is 0.407.